The van der Waals surface area contributed by atoms with Crippen molar-refractivity contribution in [2.75, 3.05) is 0 Å². The van der Waals surface area contributed by atoms with Crippen LogP contribution in [-0.4, -0.2) is 22.0 Å². The van der Waals surface area contributed by atoms with Crippen LogP contribution in [0.2, 0.25) is 0 Å². The smallest absolute Gasteiger partial charge is 0.327 e. The molecule has 0 atom stereocenters. The van der Waals surface area contributed by atoms with E-state index in [1.54, 1.807) is 42.5 Å². The van der Waals surface area contributed by atoms with E-state index in [0.717, 1.165) is 6.08 Å². The fourth-order valence-corrected chi connectivity index (χ4v) is 1.41. The maximum Gasteiger partial charge on any atom is 0.327 e. The number of carbonyl (C=O) groups is 2. The Hall–Kier alpha value is -2.88. The minimum Gasteiger partial charge on any atom is -0.507 e. The van der Waals surface area contributed by atoms with E-state index in [1.807, 2.05) is 6.07 Å². The van der Waals surface area contributed by atoms with E-state index in [2.05, 4.69) is 6.58 Å². The number of hydrogen-bond donors (Lipinski definition) is 2. The van der Waals surface area contributed by atoms with E-state index in [-0.39, 0.29) is 11.5 Å². The van der Waals surface area contributed by atoms with Crippen molar-refractivity contribution >= 4 is 11.8 Å². The van der Waals surface area contributed by atoms with Gasteiger partial charge >= 0.3 is 5.97 Å². The molecule has 102 valence electrons. The number of ketones is 1. The zero-order chi connectivity index (χ0) is 15.0. The van der Waals surface area contributed by atoms with Crippen LogP contribution < -0.4 is 0 Å². The molecular weight excluding hydrogens is 256 g/mol. The van der Waals surface area contributed by atoms with Crippen molar-refractivity contribution in [3.63, 3.8) is 0 Å². The molecule has 2 N–H and O–H groups in total. The molecule has 0 bridgehead atoms. The third kappa shape index (κ3) is 4.42. The molecule has 2 aromatic carbocycles. The molecular formula is C16H14O4. The molecule has 0 heterocycles. The molecule has 0 aliphatic rings. The lowest BCUT2D eigenvalue weighted by molar-refractivity contribution is -0.131. The predicted molar refractivity (Wildman–Crippen MR) is 75.8 cm³/mol. The summed E-state index contributed by atoms with van der Waals surface area (Å²) in [5.74, 6) is -1.12. The predicted octanol–water partition coefficient (Wildman–Crippen LogP) is 2.88. The van der Waals surface area contributed by atoms with Gasteiger partial charge < -0.3 is 10.2 Å². The van der Waals surface area contributed by atoms with Gasteiger partial charge in [-0.15, -0.1) is 0 Å². The van der Waals surface area contributed by atoms with Gasteiger partial charge in [-0.25, -0.2) is 4.79 Å². The maximum absolute atomic E-state index is 11.9. The molecule has 0 saturated heterocycles. The minimum absolute atomic E-state index is 0.0198. The molecule has 0 aliphatic heterocycles. The van der Waals surface area contributed by atoms with Gasteiger partial charge in [0.2, 0.25) is 0 Å². The Balaban J connectivity index is 0.000000347. The van der Waals surface area contributed by atoms with Crippen LogP contribution in [0.3, 0.4) is 0 Å². The summed E-state index contributed by atoms with van der Waals surface area (Å²) in [5.41, 5.74) is 0.919. The lowest BCUT2D eigenvalue weighted by Crippen LogP contribution is -2.00. The van der Waals surface area contributed by atoms with Gasteiger partial charge in [0.05, 0.1) is 5.56 Å². The van der Waals surface area contributed by atoms with E-state index >= 15 is 0 Å². The van der Waals surface area contributed by atoms with Crippen LogP contribution in [0.5, 0.6) is 5.75 Å². The number of para-hydroxylation sites is 1. The third-order valence-electron chi connectivity index (χ3n) is 2.36. The van der Waals surface area contributed by atoms with E-state index in [4.69, 9.17) is 5.11 Å². The number of carboxylic acid groups (broad SMARTS) is 1. The van der Waals surface area contributed by atoms with Crippen LogP contribution in [0.4, 0.5) is 0 Å². The van der Waals surface area contributed by atoms with Crippen LogP contribution in [0.25, 0.3) is 0 Å². The lowest BCUT2D eigenvalue weighted by Gasteiger charge is -2.02. The van der Waals surface area contributed by atoms with E-state index in [0.29, 0.717) is 11.1 Å². The molecule has 4 nitrogen and oxygen atoms in total. The first-order chi connectivity index (χ1) is 9.56. The SMILES string of the molecule is C=CC(=O)O.O=C(c1ccccc1)c1ccccc1O. The average molecular weight is 270 g/mol. The Morgan fingerprint density at radius 1 is 0.950 bits per heavy atom. The molecule has 2 rings (SSSR count). The first-order valence-corrected chi connectivity index (χ1v) is 5.79. The highest BCUT2D eigenvalue weighted by molar-refractivity contribution is 6.10. The third-order valence-corrected chi connectivity index (χ3v) is 2.36. The van der Waals surface area contributed by atoms with Crippen LogP contribution in [0, 0.1) is 0 Å². The number of hydrogen-bond acceptors (Lipinski definition) is 3. The van der Waals surface area contributed by atoms with Gasteiger partial charge in [-0.3, -0.25) is 4.79 Å². The topological polar surface area (TPSA) is 74.6 Å². The number of phenols is 1. The van der Waals surface area contributed by atoms with Crippen LogP contribution in [0.15, 0.2) is 67.3 Å². The summed E-state index contributed by atoms with van der Waals surface area (Å²) in [5, 5.41) is 17.1. The zero-order valence-electron chi connectivity index (χ0n) is 10.7. The first kappa shape index (κ1) is 15.2. The molecule has 0 aliphatic carbocycles. The molecule has 4 heteroatoms. The van der Waals surface area contributed by atoms with Gasteiger partial charge in [-0.1, -0.05) is 49.0 Å². The van der Waals surface area contributed by atoms with Crippen LogP contribution in [0.1, 0.15) is 15.9 Å². The molecule has 0 spiro atoms. The molecule has 0 amide bonds. The van der Waals surface area contributed by atoms with Gasteiger partial charge in [-0.05, 0) is 12.1 Å². The maximum atomic E-state index is 11.9. The Labute approximate surface area is 116 Å². The molecule has 0 unspecified atom stereocenters. The fraction of sp³-hybridized carbons (Fsp3) is 0. The lowest BCUT2D eigenvalue weighted by atomic mass is 10.0. The van der Waals surface area contributed by atoms with Gasteiger partial charge in [0.25, 0.3) is 0 Å². The van der Waals surface area contributed by atoms with Crippen LogP contribution in [-0.2, 0) is 4.79 Å². The highest BCUT2D eigenvalue weighted by atomic mass is 16.4. The highest BCUT2D eigenvalue weighted by Gasteiger charge is 2.11. The summed E-state index contributed by atoms with van der Waals surface area (Å²) < 4.78 is 0. The summed E-state index contributed by atoms with van der Waals surface area (Å²) in [6, 6.07) is 15.5. The molecule has 0 fully saturated rings. The minimum atomic E-state index is -0.981. The summed E-state index contributed by atoms with van der Waals surface area (Å²) in [6.45, 7) is 2.96. The zero-order valence-corrected chi connectivity index (χ0v) is 10.7. The van der Waals surface area contributed by atoms with Gasteiger partial charge in [-0.2, -0.15) is 0 Å². The van der Waals surface area contributed by atoms with Crippen molar-refractivity contribution in [3.05, 3.63) is 78.4 Å². The van der Waals surface area contributed by atoms with Gasteiger partial charge in [0.1, 0.15) is 5.75 Å². The fourth-order valence-electron chi connectivity index (χ4n) is 1.41. The van der Waals surface area contributed by atoms with Crippen molar-refractivity contribution in [1.82, 2.24) is 0 Å². The first-order valence-electron chi connectivity index (χ1n) is 5.79. The van der Waals surface area contributed by atoms with Crippen molar-refractivity contribution in [1.29, 1.82) is 0 Å². The van der Waals surface area contributed by atoms with Crippen molar-refractivity contribution in [2.45, 2.75) is 0 Å². The molecule has 0 aromatic heterocycles. The largest absolute Gasteiger partial charge is 0.507 e. The molecule has 2 aromatic rings. The van der Waals surface area contributed by atoms with Crippen molar-refractivity contribution in [2.24, 2.45) is 0 Å². The van der Waals surface area contributed by atoms with Crippen molar-refractivity contribution in [3.8, 4) is 5.75 Å². The second kappa shape index (κ2) is 7.53. The van der Waals surface area contributed by atoms with E-state index in [1.165, 1.54) is 6.07 Å². The Morgan fingerprint density at radius 3 is 1.95 bits per heavy atom. The number of rotatable bonds is 3. The van der Waals surface area contributed by atoms with Crippen LogP contribution >= 0.6 is 0 Å². The standard InChI is InChI=1S/C13H10O2.C3H4O2/c14-12-9-5-4-8-11(12)13(15)10-6-2-1-3-7-10;1-2-3(4)5/h1-9,14H;2H,1H2,(H,4,5). The highest BCUT2D eigenvalue weighted by Crippen LogP contribution is 2.19. The summed E-state index contributed by atoms with van der Waals surface area (Å²) in [4.78, 5) is 21.2. The normalized spacial score (nSPS) is 9.00. The summed E-state index contributed by atoms with van der Waals surface area (Å²) in [7, 11) is 0. The molecule has 0 saturated carbocycles. The Bertz CT molecular complexity index is 603. The number of carboxylic acids is 1. The number of aromatic hydroxyl groups is 1. The van der Waals surface area contributed by atoms with Gasteiger partial charge in [0, 0.05) is 11.6 Å². The molecule has 20 heavy (non-hydrogen) atoms. The number of carbonyl (C=O) groups excluding carboxylic acids is 1. The second-order valence-corrected chi connectivity index (χ2v) is 3.75. The van der Waals surface area contributed by atoms with E-state index in [9.17, 15) is 14.7 Å². The van der Waals surface area contributed by atoms with E-state index < -0.39 is 5.97 Å². The molecule has 0 radical (unpaired) electrons. The Morgan fingerprint density at radius 2 is 1.45 bits per heavy atom. The summed E-state index contributed by atoms with van der Waals surface area (Å²) in [6.07, 6.45) is 0.833. The average Bonchev–Trinajstić information content (AvgIpc) is 2.48. The Kier molecular flexibility index (Phi) is 5.72. The van der Waals surface area contributed by atoms with Gasteiger partial charge in [0.15, 0.2) is 5.78 Å². The number of aliphatic carboxylic acids is 1. The number of benzene rings is 2. The monoisotopic (exact) mass is 270 g/mol. The number of phenolic OH excluding ortho intramolecular Hbond substituents is 1. The second-order valence-electron chi connectivity index (χ2n) is 3.75. The quantitative estimate of drug-likeness (QED) is 0.664. The summed E-state index contributed by atoms with van der Waals surface area (Å²) >= 11 is 0. The van der Waals surface area contributed by atoms with Crippen molar-refractivity contribution < 1.29 is 19.8 Å².